The Morgan fingerprint density at radius 1 is 0.875 bits per heavy atom. The SMILES string of the molecule is CCOC(=O)C(CC(OC(C)=O)c1ccc(NC(=O)c2ccccc2-c2ccc(C(F)(F)F)cc2)c(C(=O)N(C)C)c1)(C(=O)OCC)c1ccc([N+](=O)[O-])cn1. The lowest BCUT2D eigenvalue weighted by atomic mass is 9.77. The molecule has 0 aliphatic heterocycles. The van der Waals surface area contributed by atoms with Gasteiger partial charge in [0.05, 0.1) is 40.6 Å². The average molecular weight is 779 g/mol. The van der Waals surface area contributed by atoms with Crippen molar-refractivity contribution in [3.05, 3.63) is 123 Å². The number of halogens is 3. The van der Waals surface area contributed by atoms with Gasteiger partial charge >= 0.3 is 24.1 Å². The summed E-state index contributed by atoms with van der Waals surface area (Å²) in [6.45, 7) is 3.62. The number of anilines is 1. The van der Waals surface area contributed by atoms with Crippen molar-refractivity contribution in [1.82, 2.24) is 9.88 Å². The van der Waals surface area contributed by atoms with Crippen molar-refractivity contribution < 1.29 is 56.3 Å². The van der Waals surface area contributed by atoms with Crippen LogP contribution in [-0.2, 0) is 40.2 Å². The van der Waals surface area contributed by atoms with E-state index in [1.165, 1.54) is 69.2 Å². The Hall–Kier alpha value is -6.65. The molecule has 56 heavy (non-hydrogen) atoms. The lowest BCUT2D eigenvalue weighted by Gasteiger charge is -2.32. The van der Waals surface area contributed by atoms with E-state index in [0.717, 1.165) is 37.4 Å². The van der Waals surface area contributed by atoms with Gasteiger partial charge in [-0.05, 0) is 66.9 Å². The Morgan fingerprint density at radius 3 is 2.02 bits per heavy atom. The van der Waals surface area contributed by atoms with Gasteiger partial charge in [-0.25, -0.2) is 0 Å². The zero-order valence-corrected chi connectivity index (χ0v) is 30.8. The Bertz CT molecular complexity index is 2100. The molecule has 0 aliphatic rings. The highest BCUT2D eigenvalue weighted by Crippen LogP contribution is 2.40. The molecule has 0 fully saturated rings. The summed E-state index contributed by atoms with van der Waals surface area (Å²) in [7, 11) is 2.88. The van der Waals surface area contributed by atoms with E-state index in [1.807, 2.05) is 0 Å². The maximum absolute atomic E-state index is 13.8. The normalized spacial score (nSPS) is 11.9. The molecule has 0 bridgehead atoms. The van der Waals surface area contributed by atoms with Crippen molar-refractivity contribution in [1.29, 1.82) is 0 Å². The van der Waals surface area contributed by atoms with Crippen LogP contribution in [0.3, 0.4) is 0 Å². The summed E-state index contributed by atoms with van der Waals surface area (Å²) in [5.41, 5.74) is -3.42. The number of ether oxygens (including phenoxy) is 3. The molecule has 17 heteroatoms. The molecule has 1 unspecified atom stereocenters. The first kappa shape index (κ1) is 42.1. The van der Waals surface area contributed by atoms with Crippen LogP contribution in [0.2, 0.25) is 0 Å². The van der Waals surface area contributed by atoms with Crippen molar-refractivity contribution in [2.75, 3.05) is 32.6 Å². The number of nitro groups is 1. The number of amides is 2. The number of hydrogen-bond donors (Lipinski definition) is 1. The topological polar surface area (TPSA) is 184 Å². The number of rotatable bonds is 14. The van der Waals surface area contributed by atoms with Crippen LogP contribution in [0.5, 0.6) is 0 Å². The molecule has 0 saturated heterocycles. The van der Waals surface area contributed by atoms with Gasteiger partial charge in [0.15, 0.2) is 0 Å². The van der Waals surface area contributed by atoms with E-state index in [1.54, 1.807) is 18.2 Å². The maximum Gasteiger partial charge on any atom is 0.416 e. The van der Waals surface area contributed by atoms with Crippen molar-refractivity contribution in [3.63, 3.8) is 0 Å². The van der Waals surface area contributed by atoms with Gasteiger partial charge in [-0.2, -0.15) is 13.2 Å². The molecule has 1 aromatic heterocycles. The Morgan fingerprint density at radius 2 is 1.50 bits per heavy atom. The highest BCUT2D eigenvalue weighted by Gasteiger charge is 2.54. The molecule has 3 aromatic carbocycles. The lowest BCUT2D eigenvalue weighted by Crippen LogP contribution is -2.48. The number of esters is 3. The molecule has 1 atom stereocenters. The lowest BCUT2D eigenvalue weighted by molar-refractivity contribution is -0.385. The monoisotopic (exact) mass is 778 g/mol. The van der Waals surface area contributed by atoms with Crippen LogP contribution in [0.25, 0.3) is 11.1 Å². The second kappa shape index (κ2) is 17.7. The predicted octanol–water partition coefficient (Wildman–Crippen LogP) is 6.69. The molecule has 294 valence electrons. The molecule has 1 N–H and O–H groups in total. The molecule has 0 saturated carbocycles. The summed E-state index contributed by atoms with van der Waals surface area (Å²) in [4.78, 5) is 83.5. The highest BCUT2D eigenvalue weighted by atomic mass is 19.4. The molecule has 2 amide bonds. The minimum Gasteiger partial charge on any atom is -0.465 e. The van der Waals surface area contributed by atoms with E-state index in [4.69, 9.17) is 14.2 Å². The predicted molar refractivity (Wildman–Crippen MR) is 194 cm³/mol. The number of pyridine rings is 1. The third-order valence-corrected chi connectivity index (χ3v) is 8.44. The fraction of sp³-hybridized carbons (Fsp3) is 0.282. The summed E-state index contributed by atoms with van der Waals surface area (Å²) in [5.74, 6) is -4.51. The Kier molecular flexibility index (Phi) is 13.3. The summed E-state index contributed by atoms with van der Waals surface area (Å²) in [6.07, 6.45) is -5.91. The number of hydrogen-bond acceptors (Lipinski definition) is 11. The minimum atomic E-state index is -4.56. The van der Waals surface area contributed by atoms with Gasteiger partial charge in [-0.1, -0.05) is 36.4 Å². The van der Waals surface area contributed by atoms with Crippen LogP contribution in [0.15, 0.2) is 85.1 Å². The van der Waals surface area contributed by atoms with Crippen LogP contribution in [0.1, 0.15) is 70.8 Å². The molecule has 14 nitrogen and oxygen atoms in total. The van der Waals surface area contributed by atoms with E-state index < -0.39 is 70.0 Å². The van der Waals surface area contributed by atoms with Gasteiger partial charge < -0.3 is 24.4 Å². The number of alkyl halides is 3. The van der Waals surface area contributed by atoms with E-state index in [0.29, 0.717) is 11.1 Å². The molecular weight excluding hydrogens is 741 g/mol. The van der Waals surface area contributed by atoms with E-state index in [2.05, 4.69) is 10.3 Å². The quantitative estimate of drug-likeness (QED) is 0.0473. The zero-order chi connectivity index (χ0) is 41.4. The van der Waals surface area contributed by atoms with Gasteiger partial charge in [-0.15, -0.1) is 0 Å². The van der Waals surface area contributed by atoms with Crippen LogP contribution >= 0.6 is 0 Å². The second-order valence-electron chi connectivity index (χ2n) is 12.4. The number of aromatic nitrogens is 1. The van der Waals surface area contributed by atoms with Crippen LogP contribution < -0.4 is 5.32 Å². The van der Waals surface area contributed by atoms with Crippen molar-refractivity contribution >= 4 is 41.1 Å². The smallest absolute Gasteiger partial charge is 0.416 e. The van der Waals surface area contributed by atoms with Crippen LogP contribution in [0.4, 0.5) is 24.5 Å². The Labute approximate surface area is 318 Å². The number of carbonyl (C=O) groups is 5. The van der Waals surface area contributed by atoms with Gasteiger partial charge in [0.1, 0.15) is 12.3 Å². The third-order valence-electron chi connectivity index (χ3n) is 8.44. The largest absolute Gasteiger partial charge is 0.465 e. The average Bonchev–Trinajstić information content (AvgIpc) is 3.16. The number of carbonyl (C=O) groups excluding carboxylic acids is 5. The second-order valence-corrected chi connectivity index (χ2v) is 12.4. The summed E-state index contributed by atoms with van der Waals surface area (Å²) >= 11 is 0. The van der Waals surface area contributed by atoms with E-state index >= 15 is 0 Å². The molecule has 0 spiro atoms. The first-order chi connectivity index (χ1) is 26.4. The first-order valence-electron chi connectivity index (χ1n) is 17.0. The standard InChI is InChI=1S/C39H37F3N4O10/c1-6-54-36(50)38(37(51)55-7-2,33-19-17-27(22-43-33)46(52)53)21-32(56-23(3)47)25-14-18-31(30(20-25)35(49)45(4)5)44-34(48)29-11-9-8-10-28(29)24-12-15-26(16-13-24)39(40,41)42/h8-20,22,32H,6-7,21H2,1-5H3,(H,44,48). The molecule has 4 rings (SSSR count). The van der Waals surface area contributed by atoms with Gasteiger partial charge in [0, 0.05) is 39.1 Å². The van der Waals surface area contributed by atoms with E-state index in [9.17, 15) is 47.3 Å². The fourth-order valence-corrected chi connectivity index (χ4v) is 5.78. The summed E-state index contributed by atoms with van der Waals surface area (Å²) in [6, 6.07) is 16.5. The number of nitrogens with zero attached hydrogens (tertiary/aromatic N) is 3. The highest BCUT2D eigenvalue weighted by molar-refractivity contribution is 6.12. The minimum absolute atomic E-state index is 0.0136. The number of nitrogens with one attached hydrogen (secondary N) is 1. The molecule has 4 aromatic rings. The van der Waals surface area contributed by atoms with E-state index in [-0.39, 0.29) is 41.3 Å². The maximum atomic E-state index is 13.8. The van der Waals surface area contributed by atoms with Crippen LogP contribution in [-0.4, -0.2) is 71.8 Å². The fourth-order valence-electron chi connectivity index (χ4n) is 5.78. The molecule has 0 radical (unpaired) electrons. The molecular formula is C39H37F3N4O10. The van der Waals surface area contributed by atoms with Crippen molar-refractivity contribution in [3.8, 4) is 11.1 Å². The summed E-state index contributed by atoms with van der Waals surface area (Å²) in [5, 5.41) is 14.1. The van der Waals surface area contributed by atoms with Gasteiger partial charge in [-0.3, -0.25) is 39.1 Å². The Balaban J connectivity index is 1.84. The zero-order valence-electron chi connectivity index (χ0n) is 30.8. The van der Waals surface area contributed by atoms with Crippen LogP contribution in [0, 0.1) is 10.1 Å². The molecule has 1 heterocycles. The summed E-state index contributed by atoms with van der Waals surface area (Å²) < 4.78 is 55.9. The first-order valence-corrected chi connectivity index (χ1v) is 17.0. The van der Waals surface area contributed by atoms with Crippen molar-refractivity contribution in [2.24, 2.45) is 0 Å². The van der Waals surface area contributed by atoms with Crippen molar-refractivity contribution in [2.45, 2.75) is 44.9 Å². The molecule has 0 aliphatic carbocycles. The van der Waals surface area contributed by atoms with Gasteiger partial charge in [0.2, 0.25) is 5.41 Å². The van der Waals surface area contributed by atoms with Gasteiger partial charge in [0.25, 0.3) is 17.5 Å². The third kappa shape index (κ3) is 9.34. The number of benzene rings is 3.